The SMILES string of the molecule is CCOC(=O)CC1=NCc2ccccc2N1. The Balaban J connectivity index is 2.01. The van der Waals surface area contributed by atoms with Crippen LogP contribution in [0.3, 0.4) is 0 Å². The van der Waals surface area contributed by atoms with Crippen molar-refractivity contribution in [2.45, 2.75) is 19.9 Å². The van der Waals surface area contributed by atoms with E-state index < -0.39 is 0 Å². The summed E-state index contributed by atoms with van der Waals surface area (Å²) >= 11 is 0. The van der Waals surface area contributed by atoms with E-state index in [1.54, 1.807) is 6.92 Å². The molecule has 0 radical (unpaired) electrons. The van der Waals surface area contributed by atoms with E-state index >= 15 is 0 Å². The van der Waals surface area contributed by atoms with Gasteiger partial charge in [0.2, 0.25) is 0 Å². The number of ether oxygens (including phenoxy) is 1. The van der Waals surface area contributed by atoms with Gasteiger partial charge in [0, 0.05) is 5.69 Å². The van der Waals surface area contributed by atoms with Gasteiger partial charge in [-0.2, -0.15) is 0 Å². The van der Waals surface area contributed by atoms with E-state index in [1.807, 2.05) is 24.3 Å². The molecule has 1 aromatic rings. The topological polar surface area (TPSA) is 50.7 Å². The van der Waals surface area contributed by atoms with Crippen molar-refractivity contribution in [1.82, 2.24) is 0 Å². The number of rotatable bonds is 3. The zero-order chi connectivity index (χ0) is 11.4. The van der Waals surface area contributed by atoms with Crippen LogP contribution in [0.15, 0.2) is 29.3 Å². The lowest BCUT2D eigenvalue weighted by atomic mass is 10.1. The number of nitrogens with zero attached hydrogens (tertiary/aromatic N) is 1. The minimum absolute atomic E-state index is 0.210. The first-order valence-electron chi connectivity index (χ1n) is 5.33. The summed E-state index contributed by atoms with van der Waals surface area (Å²) in [7, 11) is 0. The molecule has 0 amide bonds. The fourth-order valence-electron chi connectivity index (χ4n) is 1.60. The molecule has 4 heteroatoms. The van der Waals surface area contributed by atoms with E-state index in [2.05, 4.69) is 10.3 Å². The number of fused-ring (bicyclic) bond motifs is 1. The molecule has 0 aliphatic carbocycles. The lowest BCUT2D eigenvalue weighted by Crippen LogP contribution is -2.22. The first-order chi connectivity index (χ1) is 7.79. The fraction of sp³-hybridized carbons (Fsp3) is 0.333. The smallest absolute Gasteiger partial charge is 0.313 e. The van der Waals surface area contributed by atoms with Crippen LogP contribution in [0.25, 0.3) is 0 Å². The highest BCUT2D eigenvalue weighted by molar-refractivity contribution is 6.06. The molecule has 1 aliphatic rings. The molecule has 0 bridgehead atoms. The Morgan fingerprint density at radius 1 is 1.50 bits per heavy atom. The summed E-state index contributed by atoms with van der Waals surface area (Å²) in [6.45, 7) is 2.82. The third kappa shape index (κ3) is 2.39. The van der Waals surface area contributed by atoms with Gasteiger partial charge in [-0.3, -0.25) is 9.79 Å². The Hall–Kier alpha value is -1.84. The minimum Gasteiger partial charge on any atom is -0.466 e. The average Bonchev–Trinajstić information content (AvgIpc) is 2.29. The van der Waals surface area contributed by atoms with E-state index in [1.165, 1.54) is 0 Å². The predicted octanol–water partition coefficient (Wildman–Crippen LogP) is 1.96. The highest BCUT2D eigenvalue weighted by Crippen LogP contribution is 2.20. The maximum Gasteiger partial charge on any atom is 0.313 e. The van der Waals surface area contributed by atoms with Gasteiger partial charge in [-0.25, -0.2) is 0 Å². The highest BCUT2D eigenvalue weighted by Gasteiger charge is 2.14. The Kier molecular flexibility index (Phi) is 3.19. The number of nitrogens with one attached hydrogen (secondary N) is 1. The second-order valence-corrected chi connectivity index (χ2v) is 3.53. The quantitative estimate of drug-likeness (QED) is 0.789. The fourth-order valence-corrected chi connectivity index (χ4v) is 1.60. The number of esters is 1. The Labute approximate surface area is 94.3 Å². The van der Waals surface area contributed by atoms with Gasteiger partial charge in [-0.05, 0) is 18.6 Å². The number of amidine groups is 1. The number of anilines is 1. The number of benzene rings is 1. The summed E-state index contributed by atoms with van der Waals surface area (Å²) in [5, 5.41) is 3.14. The number of carbonyl (C=O) groups is 1. The van der Waals surface area contributed by atoms with Gasteiger partial charge in [0.05, 0.1) is 13.2 Å². The van der Waals surface area contributed by atoms with Gasteiger partial charge >= 0.3 is 5.97 Å². The van der Waals surface area contributed by atoms with Crippen molar-refractivity contribution >= 4 is 17.5 Å². The molecule has 2 rings (SSSR count). The molecule has 1 heterocycles. The molecule has 1 N–H and O–H groups in total. The normalized spacial score (nSPS) is 13.4. The molecule has 16 heavy (non-hydrogen) atoms. The van der Waals surface area contributed by atoms with Crippen molar-refractivity contribution in [2.75, 3.05) is 11.9 Å². The third-order valence-electron chi connectivity index (χ3n) is 2.35. The summed E-state index contributed by atoms with van der Waals surface area (Å²) < 4.78 is 4.87. The molecule has 0 saturated carbocycles. The maximum absolute atomic E-state index is 11.3. The molecular weight excluding hydrogens is 204 g/mol. The first-order valence-corrected chi connectivity index (χ1v) is 5.33. The number of hydrogen-bond acceptors (Lipinski definition) is 4. The molecule has 0 saturated heterocycles. The highest BCUT2D eigenvalue weighted by atomic mass is 16.5. The van der Waals surface area contributed by atoms with Gasteiger partial charge in [0.1, 0.15) is 12.3 Å². The van der Waals surface area contributed by atoms with Crippen LogP contribution in [-0.4, -0.2) is 18.4 Å². The molecule has 0 aromatic heterocycles. The molecule has 0 fully saturated rings. The summed E-state index contributed by atoms with van der Waals surface area (Å²) in [6.07, 6.45) is 0.210. The van der Waals surface area contributed by atoms with Crippen molar-refractivity contribution in [3.63, 3.8) is 0 Å². The lowest BCUT2D eigenvalue weighted by Gasteiger charge is -2.17. The van der Waals surface area contributed by atoms with Gasteiger partial charge < -0.3 is 10.1 Å². The maximum atomic E-state index is 11.3. The molecular formula is C12H14N2O2. The van der Waals surface area contributed by atoms with E-state index in [0.717, 1.165) is 11.3 Å². The molecule has 84 valence electrons. The van der Waals surface area contributed by atoms with E-state index in [0.29, 0.717) is 19.0 Å². The third-order valence-corrected chi connectivity index (χ3v) is 2.35. The molecule has 4 nitrogen and oxygen atoms in total. The van der Waals surface area contributed by atoms with Crippen molar-refractivity contribution in [1.29, 1.82) is 0 Å². The Morgan fingerprint density at radius 3 is 3.12 bits per heavy atom. The van der Waals surface area contributed by atoms with Crippen molar-refractivity contribution in [3.05, 3.63) is 29.8 Å². The zero-order valence-corrected chi connectivity index (χ0v) is 9.19. The number of carbonyl (C=O) groups excluding carboxylic acids is 1. The Bertz CT molecular complexity index is 427. The van der Waals surface area contributed by atoms with Crippen molar-refractivity contribution in [2.24, 2.45) is 4.99 Å². The van der Waals surface area contributed by atoms with Crippen LogP contribution in [0.4, 0.5) is 5.69 Å². The largest absolute Gasteiger partial charge is 0.466 e. The van der Waals surface area contributed by atoms with Crippen LogP contribution in [-0.2, 0) is 16.1 Å². The van der Waals surface area contributed by atoms with Crippen molar-refractivity contribution in [3.8, 4) is 0 Å². The van der Waals surface area contributed by atoms with Gasteiger partial charge in [0.25, 0.3) is 0 Å². The van der Waals surface area contributed by atoms with Crippen LogP contribution in [0, 0.1) is 0 Å². The van der Waals surface area contributed by atoms with Crippen LogP contribution >= 0.6 is 0 Å². The Morgan fingerprint density at radius 2 is 2.31 bits per heavy atom. The lowest BCUT2D eigenvalue weighted by molar-refractivity contribution is -0.141. The van der Waals surface area contributed by atoms with Crippen molar-refractivity contribution < 1.29 is 9.53 Å². The number of hydrogen-bond donors (Lipinski definition) is 1. The molecule has 0 atom stereocenters. The van der Waals surface area contributed by atoms with E-state index in [-0.39, 0.29) is 12.4 Å². The second-order valence-electron chi connectivity index (χ2n) is 3.53. The zero-order valence-electron chi connectivity index (χ0n) is 9.19. The molecule has 1 aliphatic heterocycles. The van der Waals surface area contributed by atoms with Crippen LogP contribution in [0.2, 0.25) is 0 Å². The summed E-state index contributed by atoms with van der Waals surface area (Å²) in [5.41, 5.74) is 2.17. The summed E-state index contributed by atoms with van der Waals surface area (Å²) in [6, 6.07) is 7.94. The van der Waals surface area contributed by atoms with Crippen LogP contribution in [0.5, 0.6) is 0 Å². The predicted molar refractivity (Wildman–Crippen MR) is 62.5 cm³/mol. The first kappa shape index (κ1) is 10.7. The molecule has 0 unspecified atom stereocenters. The van der Waals surface area contributed by atoms with Crippen LogP contribution < -0.4 is 5.32 Å². The number of aliphatic imine (C=N–C) groups is 1. The van der Waals surface area contributed by atoms with Gasteiger partial charge in [-0.15, -0.1) is 0 Å². The summed E-state index contributed by atoms with van der Waals surface area (Å²) in [4.78, 5) is 15.6. The summed E-state index contributed by atoms with van der Waals surface area (Å²) in [5.74, 6) is 0.435. The minimum atomic E-state index is -0.242. The van der Waals surface area contributed by atoms with E-state index in [4.69, 9.17) is 4.74 Å². The van der Waals surface area contributed by atoms with E-state index in [9.17, 15) is 4.79 Å². The van der Waals surface area contributed by atoms with Crippen LogP contribution in [0.1, 0.15) is 18.9 Å². The van der Waals surface area contributed by atoms with Gasteiger partial charge in [-0.1, -0.05) is 18.2 Å². The van der Waals surface area contributed by atoms with Gasteiger partial charge in [0.15, 0.2) is 0 Å². The monoisotopic (exact) mass is 218 g/mol. The molecule has 1 aromatic carbocycles. The second kappa shape index (κ2) is 4.79. The molecule has 0 spiro atoms. The average molecular weight is 218 g/mol. The number of para-hydroxylation sites is 1. The standard InChI is InChI=1S/C12H14N2O2/c1-2-16-12(15)7-11-13-8-9-5-3-4-6-10(9)14-11/h3-6H,2,7-8H2,1H3,(H,13,14).